The van der Waals surface area contributed by atoms with Crippen molar-refractivity contribution in [2.75, 3.05) is 30.9 Å². The number of ether oxygens (including phenoxy) is 1. The van der Waals surface area contributed by atoms with Crippen molar-refractivity contribution in [3.8, 4) is 0 Å². The lowest BCUT2D eigenvalue weighted by Crippen LogP contribution is -2.30. The van der Waals surface area contributed by atoms with Crippen LogP contribution in [0.1, 0.15) is 17.1 Å². The van der Waals surface area contributed by atoms with E-state index in [0.29, 0.717) is 25.3 Å². The predicted octanol–water partition coefficient (Wildman–Crippen LogP) is 2.54. The molecular weight excluding hydrogens is 386 g/mol. The van der Waals surface area contributed by atoms with E-state index in [0.717, 1.165) is 35.3 Å². The fraction of sp³-hybridized carbons (Fsp3) is 0.381. The zero-order valence-electron chi connectivity index (χ0n) is 16.7. The molecule has 152 valence electrons. The van der Waals surface area contributed by atoms with E-state index in [1.54, 1.807) is 7.11 Å². The molecule has 0 atom stereocenters. The quantitative estimate of drug-likeness (QED) is 0.533. The van der Waals surface area contributed by atoms with Crippen LogP contribution < -0.4 is 4.90 Å². The third-order valence-corrected chi connectivity index (χ3v) is 6.17. The molecule has 3 heterocycles. The molecule has 0 saturated heterocycles. The highest BCUT2D eigenvalue weighted by Crippen LogP contribution is 2.29. The van der Waals surface area contributed by atoms with Crippen LogP contribution in [0.15, 0.2) is 47.8 Å². The monoisotopic (exact) mass is 411 g/mol. The van der Waals surface area contributed by atoms with Crippen LogP contribution in [0.4, 0.5) is 5.69 Å². The maximum absolute atomic E-state index is 12.8. The second-order valence-electron chi connectivity index (χ2n) is 7.04. The van der Waals surface area contributed by atoms with Crippen molar-refractivity contribution < 1.29 is 9.53 Å². The van der Waals surface area contributed by atoms with E-state index >= 15 is 0 Å². The molecule has 0 fully saturated rings. The van der Waals surface area contributed by atoms with Gasteiger partial charge < -0.3 is 18.8 Å². The lowest BCUT2D eigenvalue weighted by Gasteiger charge is -2.17. The highest BCUT2D eigenvalue weighted by Gasteiger charge is 2.25. The zero-order valence-corrected chi connectivity index (χ0v) is 17.6. The first-order chi connectivity index (χ1) is 14.2. The molecule has 0 N–H and O–H groups in total. The summed E-state index contributed by atoms with van der Waals surface area (Å²) in [6, 6.07) is 12.2. The Labute approximate surface area is 174 Å². The van der Waals surface area contributed by atoms with Crippen molar-refractivity contribution in [3.63, 3.8) is 0 Å². The van der Waals surface area contributed by atoms with Crippen LogP contribution in [0, 0.1) is 0 Å². The minimum atomic E-state index is 0.102. The first kappa shape index (κ1) is 19.7. The number of carbonyl (C=O) groups excluding carboxylic acids is 1. The predicted molar refractivity (Wildman–Crippen MR) is 113 cm³/mol. The SMILES string of the molecule is COCCn1c(Cc2cccn2C)nnc1SCC(=O)N1CCc2ccccc21. The van der Waals surface area contributed by atoms with Crippen LogP contribution in [0.25, 0.3) is 0 Å². The fourth-order valence-corrected chi connectivity index (χ4v) is 4.47. The highest BCUT2D eigenvalue weighted by atomic mass is 32.2. The molecule has 1 amide bonds. The summed E-state index contributed by atoms with van der Waals surface area (Å²) in [7, 11) is 3.70. The van der Waals surface area contributed by atoms with E-state index in [9.17, 15) is 4.79 Å². The third-order valence-electron chi connectivity index (χ3n) is 5.22. The minimum absolute atomic E-state index is 0.102. The van der Waals surface area contributed by atoms with Crippen LogP contribution in [0.2, 0.25) is 0 Å². The number of anilines is 1. The summed E-state index contributed by atoms with van der Waals surface area (Å²) in [5, 5.41) is 9.51. The number of aromatic nitrogens is 4. The molecule has 0 spiro atoms. The van der Waals surface area contributed by atoms with Gasteiger partial charge in [0.25, 0.3) is 0 Å². The lowest BCUT2D eigenvalue weighted by atomic mass is 10.2. The summed E-state index contributed by atoms with van der Waals surface area (Å²) >= 11 is 1.44. The summed E-state index contributed by atoms with van der Waals surface area (Å²) in [4.78, 5) is 14.7. The Balaban J connectivity index is 1.47. The van der Waals surface area contributed by atoms with Gasteiger partial charge in [-0.25, -0.2) is 0 Å². The molecule has 29 heavy (non-hydrogen) atoms. The van der Waals surface area contributed by atoms with Crippen molar-refractivity contribution in [2.45, 2.75) is 24.5 Å². The number of para-hydroxylation sites is 1. The van der Waals surface area contributed by atoms with Gasteiger partial charge >= 0.3 is 0 Å². The van der Waals surface area contributed by atoms with E-state index in [-0.39, 0.29) is 5.91 Å². The Hall–Kier alpha value is -2.58. The summed E-state index contributed by atoms with van der Waals surface area (Å²) in [5.41, 5.74) is 3.43. The molecule has 3 aromatic rings. The molecule has 1 aliphatic heterocycles. The van der Waals surface area contributed by atoms with E-state index < -0.39 is 0 Å². The Bertz CT molecular complexity index is 997. The van der Waals surface area contributed by atoms with Gasteiger partial charge in [-0.3, -0.25) is 4.79 Å². The number of aryl methyl sites for hydroxylation is 1. The number of benzene rings is 1. The summed E-state index contributed by atoms with van der Waals surface area (Å²) in [6.45, 7) is 1.97. The van der Waals surface area contributed by atoms with Crippen LogP contribution in [-0.4, -0.2) is 51.3 Å². The second kappa shape index (κ2) is 8.84. The zero-order chi connectivity index (χ0) is 20.2. The number of thioether (sulfide) groups is 1. The van der Waals surface area contributed by atoms with E-state index in [2.05, 4.69) is 31.5 Å². The van der Waals surface area contributed by atoms with E-state index in [1.165, 1.54) is 17.3 Å². The summed E-state index contributed by atoms with van der Waals surface area (Å²) in [6.07, 6.45) is 3.62. The first-order valence-corrected chi connectivity index (χ1v) is 10.7. The van der Waals surface area contributed by atoms with Gasteiger partial charge in [0.1, 0.15) is 5.82 Å². The van der Waals surface area contributed by atoms with Crippen LogP contribution in [0.3, 0.4) is 0 Å². The molecule has 0 unspecified atom stereocenters. The molecule has 0 radical (unpaired) electrons. The maximum atomic E-state index is 12.8. The van der Waals surface area contributed by atoms with Gasteiger partial charge in [0.15, 0.2) is 5.16 Å². The third kappa shape index (κ3) is 4.23. The number of hydrogen-bond donors (Lipinski definition) is 0. The molecule has 1 aromatic carbocycles. The lowest BCUT2D eigenvalue weighted by molar-refractivity contribution is -0.116. The second-order valence-corrected chi connectivity index (χ2v) is 7.99. The molecule has 4 rings (SSSR count). The van der Waals surface area contributed by atoms with Gasteiger partial charge in [0.05, 0.1) is 12.4 Å². The topological polar surface area (TPSA) is 65.2 Å². The van der Waals surface area contributed by atoms with Gasteiger partial charge in [-0.15, -0.1) is 10.2 Å². The van der Waals surface area contributed by atoms with Gasteiger partial charge in [-0.1, -0.05) is 30.0 Å². The molecule has 0 bridgehead atoms. The number of nitrogens with zero attached hydrogens (tertiary/aromatic N) is 5. The highest BCUT2D eigenvalue weighted by molar-refractivity contribution is 7.99. The molecule has 1 aliphatic rings. The molecule has 0 aliphatic carbocycles. The normalized spacial score (nSPS) is 13.1. The standard InChI is InChI=1S/C21H25N5O2S/c1-24-10-5-7-17(24)14-19-22-23-21(26(19)12-13-28-2)29-15-20(27)25-11-9-16-6-3-4-8-18(16)25/h3-8,10H,9,11-15H2,1-2H3. The number of fused-ring (bicyclic) bond motifs is 1. The van der Waals surface area contributed by atoms with Gasteiger partial charge in [-0.05, 0) is 30.2 Å². The van der Waals surface area contributed by atoms with Crippen molar-refractivity contribution >= 4 is 23.4 Å². The number of methoxy groups -OCH3 is 1. The van der Waals surface area contributed by atoms with Crippen LogP contribution in [0.5, 0.6) is 0 Å². The average Bonchev–Trinajstić information content (AvgIpc) is 3.44. The largest absolute Gasteiger partial charge is 0.383 e. The van der Waals surface area contributed by atoms with Crippen molar-refractivity contribution in [3.05, 3.63) is 59.7 Å². The number of rotatable bonds is 8. The van der Waals surface area contributed by atoms with E-state index in [4.69, 9.17) is 4.74 Å². The Morgan fingerprint density at radius 2 is 2.07 bits per heavy atom. The molecule has 7 nitrogen and oxygen atoms in total. The number of hydrogen-bond acceptors (Lipinski definition) is 5. The number of carbonyl (C=O) groups is 1. The van der Waals surface area contributed by atoms with E-state index in [1.807, 2.05) is 42.4 Å². The minimum Gasteiger partial charge on any atom is -0.383 e. The molecular formula is C21H25N5O2S. The van der Waals surface area contributed by atoms with Gasteiger partial charge in [0.2, 0.25) is 5.91 Å². The molecule has 8 heteroatoms. The van der Waals surface area contributed by atoms with Gasteiger partial charge in [0, 0.05) is 51.2 Å². The van der Waals surface area contributed by atoms with Crippen molar-refractivity contribution in [2.24, 2.45) is 7.05 Å². The van der Waals surface area contributed by atoms with Crippen molar-refractivity contribution in [1.82, 2.24) is 19.3 Å². The Morgan fingerprint density at radius 3 is 2.86 bits per heavy atom. The van der Waals surface area contributed by atoms with Crippen LogP contribution >= 0.6 is 11.8 Å². The first-order valence-electron chi connectivity index (χ1n) is 9.69. The molecule has 2 aromatic heterocycles. The fourth-order valence-electron chi connectivity index (χ4n) is 3.61. The average molecular weight is 412 g/mol. The number of amides is 1. The van der Waals surface area contributed by atoms with Crippen LogP contribution in [-0.2, 0) is 36.0 Å². The smallest absolute Gasteiger partial charge is 0.237 e. The summed E-state index contributed by atoms with van der Waals surface area (Å²) < 4.78 is 9.41. The van der Waals surface area contributed by atoms with Crippen molar-refractivity contribution in [1.29, 1.82) is 0 Å². The summed E-state index contributed by atoms with van der Waals surface area (Å²) in [5.74, 6) is 1.32. The Kier molecular flexibility index (Phi) is 6.01. The molecule has 0 saturated carbocycles. The Morgan fingerprint density at radius 1 is 1.21 bits per heavy atom. The van der Waals surface area contributed by atoms with Gasteiger partial charge in [-0.2, -0.15) is 0 Å². The maximum Gasteiger partial charge on any atom is 0.237 e.